The highest BCUT2D eigenvalue weighted by Gasteiger charge is 2.16. The molecule has 0 aliphatic heterocycles. The molecule has 6 aromatic rings. The van der Waals surface area contributed by atoms with Crippen molar-refractivity contribution in [3.05, 3.63) is 120 Å². The molecule has 3 aromatic heterocycles. The maximum absolute atomic E-state index is 8.71. The highest BCUT2D eigenvalue weighted by molar-refractivity contribution is 6.07. The van der Waals surface area contributed by atoms with E-state index in [4.69, 9.17) is 16.3 Å². The normalized spacial score (nSPS) is 14.4. The number of para-hydroxylation sites is 1. The van der Waals surface area contributed by atoms with Crippen molar-refractivity contribution in [2.75, 3.05) is 0 Å². The van der Waals surface area contributed by atoms with Crippen molar-refractivity contribution in [3.63, 3.8) is 0 Å². The lowest BCUT2D eigenvalue weighted by Crippen LogP contribution is -1.91. The van der Waals surface area contributed by atoms with E-state index in [1.165, 1.54) is 6.20 Å². The molecule has 0 saturated heterocycles. The quantitative estimate of drug-likeness (QED) is 0.288. The molecule has 0 bridgehead atoms. The molecule has 0 saturated carbocycles. The molecule has 0 amide bonds. The first-order valence-corrected chi connectivity index (χ1v) is 10.7. The van der Waals surface area contributed by atoms with Crippen LogP contribution in [0.5, 0.6) is 0 Å². The van der Waals surface area contributed by atoms with Gasteiger partial charge in [-0.05, 0) is 59.4 Å². The minimum absolute atomic E-state index is 0.179. The molecule has 0 unspecified atom stereocenters. The fourth-order valence-corrected chi connectivity index (χ4v) is 4.06. The number of aromatic nitrogens is 2. The maximum Gasteiger partial charge on any atom is 0.153 e. The molecule has 0 N–H and O–H groups in total. The van der Waals surface area contributed by atoms with Crippen LogP contribution in [0.4, 0.5) is 0 Å². The first-order valence-electron chi connectivity index (χ1n) is 13.2. The van der Waals surface area contributed by atoms with Gasteiger partial charge in [0.2, 0.25) is 0 Å². The smallest absolute Gasteiger partial charge is 0.153 e. The molecule has 0 aliphatic rings. The number of rotatable bonds is 4. The highest BCUT2D eigenvalue weighted by atomic mass is 16.3. The van der Waals surface area contributed by atoms with Crippen LogP contribution >= 0.6 is 0 Å². The van der Waals surface area contributed by atoms with Gasteiger partial charge >= 0.3 is 0 Å². The fourth-order valence-electron chi connectivity index (χ4n) is 4.06. The molecule has 3 heteroatoms. The van der Waals surface area contributed by atoms with Crippen LogP contribution in [0, 0.1) is 6.85 Å². The van der Waals surface area contributed by atoms with Gasteiger partial charge in [0, 0.05) is 36.1 Å². The van der Waals surface area contributed by atoms with Crippen molar-refractivity contribution < 1.29 is 11.3 Å². The summed E-state index contributed by atoms with van der Waals surface area (Å²) in [4.78, 5) is 9.21. The van der Waals surface area contributed by atoms with E-state index in [-0.39, 0.29) is 11.3 Å². The molecule has 0 atom stereocenters. The molecule has 33 heavy (non-hydrogen) atoms. The van der Waals surface area contributed by atoms with Gasteiger partial charge in [0.15, 0.2) is 5.58 Å². The number of nitrogens with zero attached hydrogens (tertiary/aromatic N) is 2. The van der Waals surface area contributed by atoms with E-state index in [2.05, 4.69) is 4.98 Å². The minimum Gasteiger partial charge on any atom is -0.454 e. The van der Waals surface area contributed by atoms with Gasteiger partial charge in [-0.3, -0.25) is 4.98 Å². The minimum atomic E-state index is -2.32. The van der Waals surface area contributed by atoms with Gasteiger partial charge < -0.3 is 4.42 Å². The average Bonchev–Trinajstić information content (AvgIpc) is 3.31. The van der Waals surface area contributed by atoms with Gasteiger partial charge in [-0.2, -0.15) is 0 Å². The second-order valence-electron chi connectivity index (χ2n) is 7.80. The van der Waals surface area contributed by atoms with Crippen LogP contribution in [0.1, 0.15) is 23.7 Å². The summed E-state index contributed by atoms with van der Waals surface area (Å²) in [5.41, 5.74) is 5.27. The second kappa shape index (κ2) is 8.03. The summed E-state index contributed by atoms with van der Waals surface area (Å²) < 4.78 is 47.7. The van der Waals surface area contributed by atoms with E-state index in [9.17, 15) is 0 Å². The van der Waals surface area contributed by atoms with E-state index in [0.717, 1.165) is 10.9 Å². The number of benzene rings is 3. The third-order valence-electron chi connectivity index (χ3n) is 5.65. The fraction of sp³-hybridized carbons (Fsp3) is 0.0667. The number of fused-ring (bicyclic) bond motifs is 3. The monoisotopic (exact) mass is 431 g/mol. The van der Waals surface area contributed by atoms with Crippen molar-refractivity contribution >= 4 is 22.1 Å². The molecular weight excluding hydrogens is 404 g/mol. The standard InChI is InChI=1S/C30H22N2O/c1-20-19-31-27(18-26(20)22-11-6-3-7-12-22)24-13-8-14-25-29-28(33-30(24)25)16-15-23(32-29)17-21-9-4-2-5-10-21/h2-16,18-19H,17H2,1H3/i1D3,17D2. The third-order valence-corrected chi connectivity index (χ3v) is 5.65. The Morgan fingerprint density at radius 1 is 0.848 bits per heavy atom. The van der Waals surface area contributed by atoms with Crippen LogP contribution in [-0.2, 0) is 6.37 Å². The van der Waals surface area contributed by atoms with Crippen molar-refractivity contribution in [2.45, 2.75) is 13.2 Å². The highest BCUT2D eigenvalue weighted by Crippen LogP contribution is 2.36. The van der Waals surface area contributed by atoms with Crippen LogP contribution in [0.3, 0.4) is 0 Å². The zero-order chi connectivity index (χ0) is 26.5. The number of hydrogen-bond acceptors (Lipinski definition) is 3. The third kappa shape index (κ3) is 3.58. The first kappa shape index (κ1) is 14.8. The summed E-state index contributed by atoms with van der Waals surface area (Å²) in [6.07, 6.45) is -0.370. The molecule has 0 spiro atoms. The Bertz CT molecular complexity index is 1780. The van der Waals surface area contributed by atoms with Crippen molar-refractivity contribution in [1.29, 1.82) is 0 Å². The van der Waals surface area contributed by atoms with Crippen LogP contribution < -0.4 is 0 Å². The van der Waals surface area contributed by atoms with Crippen LogP contribution in [0.2, 0.25) is 0 Å². The van der Waals surface area contributed by atoms with Gasteiger partial charge in [0.05, 0.1) is 5.69 Å². The number of furan rings is 1. The summed E-state index contributed by atoms with van der Waals surface area (Å²) >= 11 is 0. The molecule has 0 fully saturated rings. The van der Waals surface area contributed by atoms with E-state index < -0.39 is 13.2 Å². The first-order chi connectivity index (χ1) is 18.2. The molecule has 3 nitrogen and oxygen atoms in total. The lowest BCUT2D eigenvalue weighted by molar-refractivity contribution is 0.668. The Balaban J connectivity index is 1.52. The Hall–Kier alpha value is -4.24. The van der Waals surface area contributed by atoms with E-state index in [0.29, 0.717) is 39.1 Å². The zero-order valence-electron chi connectivity index (χ0n) is 22.6. The van der Waals surface area contributed by atoms with Crippen LogP contribution in [0.25, 0.3) is 44.5 Å². The summed E-state index contributed by atoms with van der Waals surface area (Å²) in [5, 5.41) is 0.728. The molecule has 3 aromatic carbocycles. The molecule has 0 radical (unpaired) electrons. The SMILES string of the molecule is [2H]C([2H])([2H])c1cnc(-c2cccc3c2oc2ccc(C([2H])([2H])c4ccccc4)nc23)cc1-c1ccccc1. The molecule has 3 heterocycles. The Morgan fingerprint density at radius 3 is 2.48 bits per heavy atom. The van der Waals surface area contributed by atoms with E-state index in [1.54, 1.807) is 42.5 Å². The zero-order valence-corrected chi connectivity index (χ0v) is 17.6. The summed E-state index contributed by atoms with van der Waals surface area (Å²) in [6.45, 7) is -2.32. The van der Waals surface area contributed by atoms with Crippen molar-refractivity contribution in [3.8, 4) is 22.4 Å². The van der Waals surface area contributed by atoms with Gasteiger partial charge in [-0.15, -0.1) is 0 Å². The lowest BCUT2D eigenvalue weighted by Gasteiger charge is -2.09. The molecule has 158 valence electrons. The second-order valence-corrected chi connectivity index (χ2v) is 7.80. The van der Waals surface area contributed by atoms with Crippen LogP contribution in [0.15, 0.2) is 108 Å². The summed E-state index contributed by atoms with van der Waals surface area (Å²) in [6, 6.07) is 29.1. The Labute approximate surface area is 199 Å². The number of pyridine rings is 2. The predicted molar refractivity (Wildman–Crippen MR) is 134 cm³/mol. The molecule has 6 rings (SSSR count). The number of aryl methyl sites for hydroxylation is 1. The summed E-state index contributed by atoms with van der Waals surface area (Å²) in [5.74, 6) is 0. The predicted octanol–water partition coefficient (Wildman–Crippen LogP) is 7.61. The topological polar surface area (TPSA) is 38.9 Å². The van der Waals surface area contributed by atoms with Gasteiger partial charge in [-0.25, -0.2) is 4.98 Å². The molecule has 0 aliphatic carbocycles. The maximum atomic E-state index is 8.71. The van der Waals surface area contributed by atoms with Crippen LogP contribution in [-0.4, -0.2) is 9.97 Å². The Morgan fingerprint density at radius 2 is 1.67 bits per heavy atom. The van der Waals surface area contributed by atoms with Gasteiger partial charge in [0.1, 0.15) is 11.1 Å². The van der Waals surface area contributed by atoms with Crippen molar-refractivity contribution in [2.24, 2.45) is 0 Å². The Kier molecular flexibility index (Phi) is 3.59. The van der Waals surface area contributed by atoms with Crippen molar-refractivity contribution in [1.82, 2.24) is 9.97 Å². The van der Waals surface area contributed by atoms with E-state index in [1.807, 2.05) is 54.6 Å². The average molecular weight is 432 g/mol. The van der Waals surface area contributed by atoms with Gasteiger partial charge in [0.25, 0.3) is 0 Å². The lowest BCUT2D eigenvalue weighted by atomic mass is 9.99. The largest absolute Gasteiger partial charge is 0.454 e. The molecular formula is C30H22N2O. The van der Waals surface area contributed by atoms with Gasteiger partial charge in [-0.1, -0.05) is 66.7 Å². The summed E-state index contributed by atoms with van der Waals surface area (Å²) in [7, 11) is 0. The number of hydrogen-bond donors (Lipinski definition) is 0. The van der Waals surface area contributed by atoms with E-state index >= 15 is 0 Å².